The standard InChI is InChI=1S/C24H23FN2O4S/c1-30-22-12-11-16(13-23(22)31-2)18(19-14-26-21-9-5-3-7-17(19)21)15-27-32(28,29)24-10-6-4-8-20(24)25/h3-14,18,26-27H,15H2,1-2H3/t18-/m1/s1. The molecule has 32 heavy (non-hydrogen) atoms. The summed E-state index contributed by atoms with van der Waals surface area (Å²) in [5.41, 5.74) is 2.66. The van der Waals surface area contributed by atoms with E-state index in [2.05, 4.69) is 9.71 Å². The number of aromatic nitrogens is 1. The van der Waals surface area contributed by atoms with Crippen LogP contribution < -0.4 is 14.2 Å². The second-order valence-electron chi connectivity index (χ2n) is 7.24. The molecule has 0 aliphatic heterocycles. The van der Waals surface area contributed by atoms with E-state index >= 15 is 0 Å². The Hall–Kier alpha value is -3.36. The summed E-state index contributed by atoms with van der Waals surface area (Å²) < 4.78 is 53.2. The van der Waals surface area contributed by atoms with Crippen LogP contribution >= 0.6 is 0 Å². The molecule has 0 amide bonds. The zero-order chi connectivity index (χ0) is 22.7. The third-order valence-corrected chi connectivity index (χ3v) is 6.87. The van der Waals surface area contributed by atoms with Crippen molar-refractivity contribution >= 4 is 20.9 Å². The van der Waals surface area contributed by atoms with E-state index in [1.165, 1.54) is 18.2 Å². The molecule has 0 spiro atoms. The summed E-state index contributed by atoms with van der Waals surface area (Å²) in [6, 6.07) is 18.6. The summed E-state index contributed by atoms with van der Waals surface area (Å²) in [6.45, 7) is 0.0218. The average molecular weight is 455 g/mol. The number of methoxy groups -OCH3 is 2. The zero-order valence-corrected chi connectivity index (χ0v) is 18.4. The van der Waals surface area contributed by atoms with Gasteiger partial charge in [-0.3, -0.25) is 0 Å². The van der Waals surface area contributed by atoms with Crippen molar-refractivity contribution in [1.29, 1.82) is 0 Å². The molecule has 1 atom stereocenters. The third kappa shape index (κ3) is 4.19. The number of para-hydroxylation sites is 1. The monoisotopic (exact) mass is 454 g/mol. The molecule has 1 heterocycles. The van der Waals surface area contributed by atoms with Gasteiger partial charge in [0.25, 0.3) is 0 Å². The summed E-state index contributed by atoms with van der Waals surface area (Å²) in [6.07, 6.45) is 1.86. The van der Waals surface area contributed by atoms with Crippen LogP contribution in [0.15, 0.2) is 77.8 Å². The number of halogens is 1. The van der Waals surface area contributed by atoms with E-state index in [4.69, 9.17) is 9.47 Å². The van der Waals surface area contributed by atoms with Crippen LogP contribution in [0.25, 0.3) is 10.9 Å². The molecule has 0 aliphatic carbocycles. The Morgan fingerprint density at radius 1 is 0.969 bits per heavy atom. The molecule has 4 rings (SSSR count). The van der Waals surface area contributed by atoms with Gasteiger partial charge in [-0.05, 0) is 41.5 Å². The second-order valence-corrected chi connectivity index (χ2v) is 8.97. The van der Waals surface area contributed by atoms with Gasteiger partial charge in [-0.25, -0.2) is 17.5 Å². The highest BCUT2D eigenvalue weighted by Gasteiger charge is 2.24. The SMILES string of the molecule is COc1ccc([C@@H](CNS(=O)(=O)c2ccccc2F)c2c[nH]c3ccccc23)cc1OC. The quantitative estimate of drug-likeness (QED) is 0.413. The number of nitrogens with one attached hydrogen (secondary N) is 2. The molecule has 6 nitrogen and oxygen atoms in total. The van der Waals surface area contributed by atoms with Gasteiger partial charge in [0.15, 0.2) is 11.5 Å². The number of hydrogen-bond acceptors (Lipinski definition) is 4. The number of benzene rings is 3. The van der Waals surface area contributed by atoms with Crippen LogP contribution in [0.3, 0.4) is 0 Å². The van der Waals surface area contributed by atoms with E-state index in [-0.39, 0.29) is 17.4 Å². The van der Waals surface area contributed by atoms with Gasteiger partial charge in [0, 0.05) is 29.6 Å². The minimum absolute atomic E-state index is 0.0218. The van der Waals surface area contributed by atoms with Gasteiger partial charge in [0.1, 0.15) is 10.7 Å². The molecule has 0 fully saturated rings. The van der Waals surface area contributed by atoms with Crippen LogP contribution in [-0.2, 0) is 10.0 Å². The van der Waals surface area contributed by atoms with Crippen molar-refractivity contribution in [2.75, 3.05) is 20.8 Å². The Morgan fingerprint density at radius 2 is 1.69 bits per heavy atom. The van der Waals surface area contributed by atoms with Crippen LogP contribution in [0.4, 0.5) is 4.39 Å². The molecule has 1 aromatic heterocycles. The molecule has 0 unspecified atom stereocenters. The normalized spacial score (nSPS) is 12.6. The number of ether oxygens (including phenoxy) is 2. The topological polar surface area (TPSA) is 80.4 Å². The lowest BCUT2D eigenvalue weighted by atomic mass is 9.91. The van der Waals surface area contributed by atoms with Gasteiger partial charge < -0.3 is 14.5 Å². The lowest BCUT2D eigenvalue weighted by molar-refractivity contribution is 0.354. The first-order chi connectivity index (χ1) is 15.4. The fourth-order valence-electron chi connectivity index (χ4n) is 3.79. The summed E-state index contributed by atoms with van der Waals surface area (Å²) in [4.78, 5) is 2.85. The Kier molecular flexibility index (Phi) is 6.16. The molecule has 2 N–H and O–H groups in total. The van der Waals surface area contributed by atoms with E-state index in [1.807, 2.05) is 42.6 Å². The zero-order valence-electron chi connectivity index (χ0n) is 17.6. The van der Waals surface area contributed by atoms with Gasteiger partial charge in [-0.1, -0.05) is 36.4 Å². The molecular weight excluding hydrogens is 431 g/mol. The highest BCUT2D eigenvalue weighted by molar-refractivity contribution is 7.89. The van der Waals surface area contributed by atoms with E-state index in [0.29, 0.717) is 11.5 Å². The maximum atomic E-state index is 14.1. The maximum Gasteiger partial charge on any atom is 0.243 e. The summed E-state index contributed by atoms with van der Waals surface area (Å²) in [5, 5.41) is 0.970. The molecule has 0 saturated heterocycles. The molecular formula is C24H23FN2O4S. The summed E-state index contributed by atoms with van der Waals surface area (Å²) in [7, 11) is -0.960. The Labute approximate surface area is 186 Å². The van der Waals surface area contributed by atoms with Crippen molar-refractivity contribution in [2.24, 2.45) is 0 Å². The lowest BCUT2D eigenvalue weighted by Gasteiger charge is -2.20. The fraction of sp³-hybridized carbons (Fsp3) is 0.167. The summed E-state index contributed by atoms with van der Waals surface area (Å²) in [5.74, 6) is -0.0602. The fourth-order valence-corrected chi connectivity index (χ4v) is 4.92. The van der Waals surface area contributed by atoms with Crippen molar-refractivity contribution in [2.45, 2.75) is 10.8 Å². The van der Waals surface area contributed by atoms with E-state index in [1.54, 1.807) is 20.3 Å². The van der Waals surface area contributed by atoms with Gasteiger partial charge in [-0.2, -0.15) is 0 Å². The van der Waals surface area contributed by atoms with Crippen molar-refractivity contribution < 1.29 is 22.3 Å². The van der Waals surface area contributed by atoms with Crippen LogP contribution in [-0.4, -0.2) is 34.2 Å². The third-order valence-electron chi connectivity index (χ3n) is 5.41. The van der Waals surface area contributed by atoms with E-state index in [0.717, 1.165) is 28.1 Å². The Bertz CT molecular complexity index is 1350. The number of fused-ring (bicyclic) bond motifs is 1. The Balaban J connectivity index is 1.76. The highest BCUT2D eigenvalue weighted by atomic mass is 32.2. The Morgan fingerprint density at radius 3 is 2.44 bits per heavy atom. The first-order valence-electron chi connectivity index (χ1n) is 9.96. The maximum absolute atomic E-state index is 14.1. The molecule has 4 aromatic rings. The molecule has 0 saturated carbocycles. The predicted octanol–water partition coefficient (Wildman–Crippen LogP) is 4.43. The van der Waals surface area contributed by atoms with E-state index in [9.17, 15) is 12.8 Å². The molecule has 0 radical (unpaired) electrons. The highest BCUT2D eigenvalue weighted by Crippen LogP contribution is 2.36. The second kappa shape index (κ2) is 9.02. The van der Waals surface area contributed by atoms with Crippen molar-refractivity contribution in [3.63, 3.8) is 0 Å². The average Bonchev–Trinajstić information content (AvgIpc) is 3.23. The van der Waals surface area contributed by atoms with Gasteiger partial charge >= 0.3 is 0 Å². The first-order valence-corrected chi connectivity index (χ1v) is 11.4. The van der Waals surface area contributed by atoms with Gasteiger partial charge in [0.2, 0.25) is 10.0 Å². The minimum Gasteiger partial charge on any atom is -0.493 e. The molecule has 3 aromatic carbocycles. The van der Waals surface area contributed by atoms with Crippen molar-refractivity contribution in [3.05, 3.63) is 89.9 Å². The van der Waals surface area contributed by atoms with Crippen molar-refractivity contribution in [3.8, 4) is 11.5 Å². The number of aromatic amines is 1. The van der Waals surface area contributed by atoms with Crippen LogP contribution in [0.2, 0.25) is 0 Å². The largest absolute Gasteiger partial charge is 0.493 e. The van der Waals surface area contributed by atoms with Gasteiger partial charge in [0.05, 0.1) is 14.2 Å². The van der Waals surface area contributed by atoms with Crippen LogP contribution in [0.5, 0.6) is 11.5 Å². The molecule has 8 heteroatoms. The minimum atomic E-state index is -4.06. The lowest BCUT2D eigenvalue weighted by Crippen LogP contribution is -2.29. The number of rotatable bonds is 8. The smallest absolute Gasteiger partial charge is 0.243 e. The molecule has 166 valence electrons. The summed E-state index contributed by atoms with van der Waals surface area (Å²) >= 11 is 0. The number of sulfonamides is 1. The predicted molar refractivity (Wildman–Crippen MR) is 121 cm³/mol. The van der Waals surface area contributed by atoms with E-state index < -0.39 is 15.8 Å². The molecule has 0 bridgehead atoms. The van der Waals surface area contributed by atoms with Crippen LogP contribution in [0, 0.1) is 5.82 Å². The number of H-pyrrole nitrogens is 1. The van der Waals surface area contributed by atoms with Crippen LogP contribution in [0.1, 0.15) is 17.0 Å². The first kappa shape index (κ1) is 21.9. The van der Waals surface area contributed by atoms with Crippen molar-refractivity contribution in [1.82, 2.24) is 9.71 Å². The van der Waals surface area contributed by atoms with Gasteiger partial charge in [-0.15, -0.1) is 0 Å². The molecule has 0 aliphatic rings. The number of hydrogen-bond donors (Lipinski definition) is 2.